The van der Waals surface area contributed by atoms with Crippen LogP contribution in [0.4, 0.5) is 0 Å². The second-order valence-corrected chi connectivity index (χ2v) is 4.73. The van der Waals surface area contributed by atoms with Crippen LogP contribution in [-0.2, 0) is 14.3 Å². The normalized spacial score (nSPS) is 43.5. The number of thioether (sulfide) groups is 1. The van der Waals surface area contributed by atoms with Crippen LogP contribution in [0.2, 0.25) is 0 Å². The standard InChI is InChI=1S/C8H12O4S/c1-4(9)13-6-3-12-7-5(10)2-11-8(6)7/h5-8,10H,2-3H2,1H3/t5-,6+,7-,8-/m1/s1. The fourth-order valence-corrected chi connectivity index (χ4v) is 2.70. The third kappa shape index (κ3) is 1.74. The second kappa shape index (κ2) is 3.57. The molecular weight excluding hydrogens is 192 g/mol. The molecule has 1 N–H and O–H groups in total. The van der Waals surface area contributed by atoms with E-state index in [1.807, 2.05) is 0 Å². The van der Waals surface area contributed by atoms with Gasteiger partial charge in [0.25, 0.3) is 0 Å². The van der Waals surface area contributed by atoms with Crippen molar-refractivity contribution in [3.63, 3.8) is 0 Å². The van der Waals surface area contributed by atoms with Crippen LogP contribution in [0, 0.1) is 0 Å². The van der Waals surface area contributed by atoms with Crippen molar-refractivity contribution in [2.45, 2.75) is 30.5 Å². The van der Waals surface area contributed by atoms with Gasteiger partial charge in [-0.1, -0.05) is 11.8 Å². The van der Waals surface area contributed by atoms with Crippen LogP contribution >= 0.6 is 11.8 Å². The summed E-state index contributed by atoms with van der Waals surface area (Å²) in [5.41, 5.74) is 0. The summed E-state index contributed by atoms with van der Waals surface area (Å²) in [6.07, 6.45) is -0.858. The number of carbonyl (C=O) groups is 1. The number of hydrogen-bond acceptors (Lipinski definition) is 5. The minimum absolute atomic E-state index is 0.0552. The summed E-state index contributed by atoms with van der Waals surface area (Å²) >= 11 is 1.24. The molecule has 2 saturated heterocycles. The Morgan fingerprint density at radius 3 is 2.77 bits per heavy atom. The summed E-state index contributed by atoms with van der Waals surface area (Å²) in [7, 11) is 0. The summed E-state index contributed by atoms with van der Waals surface area (Å²) in [6, 6.07) is 0. The Labute approximate surface area is 80.6 Å². The van der Waals surface area contributed by atoms with Crippen LogP contribution in [-0.4, -0.2) is 47.0 Å². The molecule has 2 heterocycles. The predicted octanol–water partition coefficient (Wildman–Crippen LogP) is -0.207. The summed E-state index contributed by atoms with van der Waals surface area (Å²) in [5, 5.41) is 9.53. The molecule has 2 aliphatic heterocycles. The van der Waals surface area contributed by atoms with E-state index < -0.39 is 6.10 Å². The summed E-state index contributed by atoms with van der Waals surface area (Å²) in [6.45, 7) is 2.35. The predicted molar refractivity (Wildman–Crippen MR) is 47.5 cm³/mol. The molecule has 0 aromatic rings. The van der Waals surface area contributed by atoms with E-state index >= 15 is 0 Å². The number of hydrogen-bond donors (Lipinski definition) is 1. The van der Waals surface area contributed by atoms with Gasteiger partial charge < -0.3 is 14.6 Å². The van der Waals surface area contributed by atoms with Gasteiger partial charge in [-0.15, -0.1) is 0 Å². The van der Waals surface area contributed by atoms with E-state index in [0.717, 1.165) is 0 Å². The van der Waals surface area contributed by atoms with Crippen LogP contribution in [0.15, 0.2) is 0 Å². The molecule has 5 heteroatoms. The minimum Gasteiger partial charge on any atom is -0.388 e. The first kappa shape index (κ1) is 9.45. The molecule has 2 rings (SSSR count). The SMILES string of the molecule is CC(=O)S[C@H]1CO[C@H]2[C@@H]1OC[C@H]2O. The first-order valence-corrected chi connectivity index (χ1v) is 5.15. The molecule has 0 amide bonds. The molecule has 0 aromatic carbocycles. The smallest absolute Gasteiger partial charge is 0.186 e. The third-order valence-corrected chi connectivity index (χ3v) is 3.34. The Morgan fingerprint density at radius 2 is 2.08 bits per heavy atom. The van der Waals surface area contributed by atoms with Crippen molar-refractivity contribution >= 4 is 16.9 Å². The molecule has 0 bridgehead atoms. The zero-order chi connectivity index (χ0) is 9.42. The number of aliphatic hydroxyl groups excluding tert-OH is 1. The molecule has 0 aromatic heterocycles. The molecule has 0 aliphatic carbocycles. The molecule has 0 spiro atoms. The Balaban J connectivity index is 1.98. The second-order valence-electron chi connectivity index (χ2n) is 3.31. The van der Waals surface area contributed by atoms with Gasteiger partial charge in [-0.2, -0.15) is 0 Å². The maximum Gasteiger partial charge on any atom is 0.186 e. The van der Waals surface area contributed by atoms with Crippen molar-refractivity contribution in [2.75, 3.05) is 13.2 Å². The van der Waals surface area contributed by atoms with Crippen molar-refractivity contribution in [2.24, 2.45) is 0 Å². The van der Waals surface area contributed by atoms with Crippen molar-refractivity contribution in [3.05, 3.63) is 0 Å². The van der Waals surface area contributed by atoms with Crippen LogP contribution in [0.3, 0.4) is 0 Å². The lowest BCUT2D eigenvalue weighted by Crippen LogP contribution is -2.30. The first-order chi connectivity index (χ1) is 6.18. The van der Waals surface area contributed by atoms with Gasteiger partial charge in [-0.05, 0) is 0 Å². The third-order valence-electron chi connectivity index (χ3n) is 2.30. The molecule has 2 aliphatic rings. The molecule has 74 valence electrons. The van der Waals surface area contributed by atoms with Gasteiger partial charge in [-0.3, -0.25) is 4.79 Å². The van der Waals surface area contributed by atoms with Crippen molar-refractivity contribution in [3.8, 4) is 0 Å². The lowest BCUT2D eigenvalue weighted by atomic mass is 10.1. The van der Waals surface area contributed by atoms with Gasteiger partial charge >= 0.3 is 0 Å². The van der Waals surface area contributed by atoms with Crippen molar-refractivity contribution < 1.29 is 19.4 Å². The first-order valence-electron chi connectivity index (χ1n) is 4.27. The number of carbonyl (C=O) groups excluding carboxylic acids is 1. The number of fused-ring (bicyclic) bond motifs is 1. The number of rotatable bonds is 1. The summed E-state index contributed by atoms with van der Waals surface area (Å²) in [5.74, 6) is 0. The quantitative estimate of drug-likeness (QED) is 0.640. The van der Waals surface area contributed by atoms with Gasteiger partial charge in [0, 0.05) is 6.92 Å². The largest absolute Gasteiger partial charge is 0.388 e. The Kier molecular flexibility index (Phi) is 2.60. The summed E-state index contributed by atoms with van der Waals surface area (Å²) < 4.78 is 10.7. The van der Waals surface area contributed by atoms with Gasteiger partial charge in [0.1, 0.15) is 18.3 Å². The van der Waals surface area contributed by atoms with Crippen LogP contribution in [0.5, 0.6) is 0 Å². The fraction of sp³-hybridized carbons (Fsp3) is 0.875. The fourth-order valence-electron chi connectivity index (χ4n) is 1.76. The molecule has 0 saturated carbocycles. The Hall–Kier alpha value is -0.100. The highest BCUT2D eigenvalue weighted by atomic mass is 32.2. The molecule has 0 radical (unpaired) electrons. The van der Waals surface area contributed by atoms with Crippen molar-refractivity contribution in [1.82, 2.24) is 0 Å². The maximum atomic E-state index is 10.9. The van der Waals surface area contributed by atoms with Crippen LogP contribution < -0.4 is 0 Å². The molecule has 13 heavy (non-hydrogen) atoms. The Bertz CT molecular complexity index is 220. The van der Waals surface area contributed by atoms with Gasteiger partial charge in [-0.25, -0.2) is 0 Å². The van der Waals surface area contributed by atoms with E-state index in [-0.39, 0.29) is 22.6 Å². The molecule has 4 nitrogen and oxygen atoms in total. The molecule has 0 unspecified atom stereocenters. The zero-order valence-corrected chi connectivity index (χ0v) is 8.12. The van der Waals surface area contributed by atoms with E-state index in [0.29, 0.717) is 13.2 Å². The van der Waals surface area contributed by atoms with Gasteiger partial charge in [0.2, 0.25) is 0 Å². The highest BCUT2D eigenvalue weighted by Gasteiger charge is 2.47. The van der Waals surface area contributed by atoms with E-state index in [4.69, 9.17) is 9.47 Å². The highest BCUT2D eigenvalue weighted by molar-refractivity contribution is 8.14. The Morgan fingerprint density at radius 1 is 1.38 bits per heavy atom. The lowest BCUT2D eigenvalue weighted by Gasteiger charge is -2.12. The van der Waals surface area contributed by atoms with E-state index in [9.17, 15) is 9.90 Å². The molecule has 4 atom stereocenters. The monoisotopic (exact) mass is 204 g/mol. The summed E-state index contributed by atoms with van der Waals surface area (Å²) in [4.78, 5) is 10.9. The van der Waals surface area contributed by atoms with Crippen molar-refractivity contribution in [1.29, 1.82) is 0 Å². The van der Waals surface area contributed by atoms with E-state index in [1.54, 1.807) is 0 Å². The maximum absolute atomic E-state index is 10.9. The minimum atomic E-state index is -0.525. The topological polar surface area (TPSA) is 55.8 Å². The molecular formula is C8H12O4S. The van der Waals surface area contributed by atoms with Crippen LogP contribution in [0.25, 0.3) is 0 Å². The molecule has 2 fully saturated rings. The van der Waals surface area contributed by atoms with E-state index in [2.05, 4.69) is 0 Å². The number of aliphatic hydroxyl groups is 1. The average molecular weight is 204 g/mol. The lowest BCUT2D eigenvalue weighted by molar-refractivity contribution is -0.109. The van der Waals surface area contributed by atoms with Gasteiger partial charge in [0.05, 0.1) is 18.5 Å². The van der Waals surface area contributed by atoms with Gasteiger partial charge in [0.15, 0.2) is 5.12 Å². The highest BCUT2D eigenvalue weighted by Crippen LogP contribution is 2.33. The van der Waals surface area contributed by atoms with Crippen LogP contribution in [0.1, 0.15) is 6.92 Å². The zero-order valence-electron chi connectivity index (χ0n) is 7.30. The average Bonchev–Trinajstić information content (AvgIpc) is 2.56. The van der Waals surface area contributed by atoms with E-state index in [1.165, 1.54) is 18.7 Å². The number of ether oxygens (including phenoxy) is 2.